The normalized spacial score (nSPS) is 12.1. The molecule has 12 N–H and O–H groups in total. The molecule has 2 atom stereocenters. The van der Waals surface area contributed by atoms with Gasteiger partial charge in [0.2, 0.25) is 0 Å². The summed E-state index contributed by atoms with van der Waals surface area (Å²) in [4.78, 5) is 40.7. The zero-order valence-electron chi connectivity index (χ0n) is 13.2. The van der Waals surface area contributed by atoms with E-state index in [2.05, 4.69) is 10.6 Å². The molecule has 0 heterocycles. The molecule has 0 spiro atoms. The third kappa shape index (κ3) is 17.5. The second-order valence-corrected chi connectivity index (χ2v) is 4.76. The highest BCUT2D eigenvalue weighted by atomic mass is 16.4. The van der Waals surface area contributed by atoms with Crippen molar-refractivity contribution in [3.63, 3.8) is 0 Å². The summed E-state index contributed by atoms with van der Waals surface area (Å²) >= 11 is 0. The maximum absolute atomic E-state index is 10.2. The van der Waals surface area contributed by atoms with Gasteiger partial charge in [-0.1, -0.05) is 0 Å². The number of aliphatic carboxylic acids is 2. The Morgan fingerprint density at radius 2 is 1.04 bits per heavy atom. The standard InChI is InChI=1S/2C6H13N3O3/c2*7-4(5(10)11)2-1-3-9-6(8)12/h2*4H,1-3,7H2,(H,10,11)(H3,8,9,12)/t2*4-/m00/s1. The number of hydrogen-bond donors (Lipinski definition) is 8. The van der Waals surface area contributed by atoms with Crippen LogP contribution < -0.4 is 33.6 Å². The lowest BCUT2D eigenvalue weighted by atomic mass is 10.2. The van der Waals surface area contributed by atoms with E-state index in [1.54, 1.807) is 0 Å². The number of hydrogen-bond acceptors (Lipinski definition) is 6. The van der Waals surface area contributed by atoms with Gasteiger partial charge in [0.15, 0.2) is 0 Å². The van der Waals surface area contributed by atoms with Crippen LogP contribution in [-0.4, -0.2) is 59.4 Å². The minimum atomic E-state index is -1.03. The summed E-state index contributed by atoms with van der Waals surface area (Å²) in [5, 5.41) is 21.4. The van der Waals surface area contributed by atoms with Crippen molar-refractivity contribution in [1.29, 1.82) is 0 Å². The predicted octanol–water partition coefficient (Wildman–Crippen LogP) is -2.31. The summed E-state index contributed by atoms with van der Waals surface area (Å²) in [5.41, 5.74) is 19.9. The molecule has 0 aliphatic carbocycles. The van der Waals surface area contributed by atoms with Crippen molar-refractivity contribution in [1.82, 2.24) is 10.6 Å². The number of carboxylic acid groups (broad SMARTS) is 2. The Bertz CT molecular complexity index is 381. The monoisotopic (exact) mass is 350 g/mol. The molecule has 0 aromatic rings. The van der Waals surface area contributed by atoms with Gasteiger partial charge in [0.25, 0.3) is 0 Å². The fraction of sp³-hybridized carbons (Fsp3) is 0.667. The number of carbonyl (C=O) groups excluding carboxylic acids is 2. The molecule has 0 fully saturated rings. The zero-order chi connectivity index (χ0) is 19.1. The first kappa shape index (κ1) is 23.7. The molecule has 0 bridgehead atoms. The van der Waals surface area contributed by atoms with Crippen LogP contribution in [0.4, 0.5) is 9.59 Å². The minimum absolute atomic E-state index is 0.329. The van der Waals surface area contributed by atoms with Crippen LogP contribution in [0.25, 0.3) is 0 Å². The van der Waals surface area contributed by atoms with Crippen molar-refractivity contribution in [2.24, 2.45) is 22.9 Å². The largest absolute Gasteiger partial charge is 0.480 e. The van der Waals surface area contributed by atoms with E-state index in [0.29, 0.717) is 38.8 Å². The third-order valence-corrected chi connectivity index (χ3v) is 2.62. The molecule has 0 aliphatic heterocycles. The molecule has 12 heteroatoms. The Balaban J connectivity index is 0. The molecule has 0 rings (SSSR count). The Hall–Kier alpha value is -2.60. The second-order valence-electron chi connectivity index (χ2n) is 4.76. The van der Waals surface area contributed by atoms with Crippen LogP contribution in [0.5, 0.6) is 0 Å². The van der Waals surface area contributed by atoms with E-state index in [1.807, 2.05) is 0 Å². The number of carbonyl (C=O) groups is 4. The van der Waals surface area contributed by atoms with Crippen LogP contribution in [0, 0.1) is 0 Å². The van der Waals surface area contributed by atoms with Gasteiger partial charge in [-0.3, -0.25) is 9.59 Å². The van der Waals surface area contributed by atoms with E-state index in [0.717, 1.165) is 0 Å². The van der Waals surface area contributed by atoms with Gasteiger partial charge < -0.3 is 43.8 Å². The predicted molar refractivity (Wildman–Crippen MR) is 84.9 cm³/mol. The van der Waals surface area contributed by atoms with Gasteiger partial charge in [-0.05, 0) is 25.7 Å². The van der Waals surface area contributed by atoms with Crippen molar-refractivity contribution in [3.05, 3.63) is 0 Å². The van der Waals surface area contributed by atoms with Crippen molar-refractivity contribution < 1.29 is 29.4 Å². The molecule has 0 aromatic heterocycles. The van der Waals surface area contributed by atoms with E-state index >= 15 is 0 Å². The molecular weight excluding hydrogens is 324 g/mol. The lowest BCUT2D eigenvalue weighted by molar-refractivity contribution is -0.139. The number of nitrogens with two attached hydrogens (primary N) is 4. The zero-order valence-corrected chi connectivity index (χ0v) is 13.2. The number of nitrogens with one attached hydrogen (secondary N) is 2. The average molecular weight is 350 g/mol. The van der Waals surface area contributed by atoms with Crippen molar-refractivity contribution in [2.75, 3.05) is 13.1 Å². The maximum atomic E-state index is 10.2. The molecule has 0 radical (unpaired) electrons. The summed E-state index contributed by atoms with van der Waals surface area (Å²) in [6, 6.07) is -2.95. The first-order valence-corrected chi connectivity index (χ1v) is 7.11. The van der Waals surface area contributed by atoms with E-state index in [-0.39, 0.29) is 0 Å². The van der Waals surface area contributed by atoms with Crippen LogP contribution in [0.3, 0.4) is 0 Å². The summed E-state index contributed by atoms with van der Waals surface area (Å²) in [6.45, 7) is 0.715. The van der Waals surface area contributed by atoms with Crippen molar-refractivity contribution >= 4 is 24.0 Å². The molecule has 0 aliphatic rings. The molecule has 140 valence electrons. The Labute approximate surface area is 138 Å². The average Bonchev–Trinajstić information content (AvgIpc) is 2.47. The number of carboxylic acids is 2. The highest BCUT2D eigenvalue weighted by Gasteiger charge is 2.10. The summed E-state index contributed by atoms with van der Waals surface area (Å²) in [5.74, 6) is -2.07. The summed E-state index contributed by atoms with van der Waals surface area (Å²) in [6.07, 6.45) is 1.68. The van der Waals surface area contributed by atoms with E-state index in [9.17, 15) is 19.2 Å². The Kier molecular flexibility index (Phi) is 13.8. The molecular formula is C12H26N6O6. The Morgan fingerprint density at radius 3 is 1.25 bits per heavy atom. The van der Waals surface area contributed by atoms with Crippen LogP contribution in [0.15, 0.2) is 0 Å². The Morgan fingerprint density at radius 1 is 0.750 bits per heavy atom. The molecule has 12 nitrogen and oxygen atoms in total. The van der Waals surface area contributed by atoms with Gasteiger partial charge in [0.1, 0.15) is 12.1 Å². The van der Waals surface area contributed by atoms with Crippen LogP contribution in [0.2, 0.25) is 0 Å². The molecule has 24 heavy (non-hydrogen) atoms. The molecule has 0 aromatic carbocycles. The lowest BCUT2D eigenvalue weighted by Crippen LogP contribution is -2.33. The minimum Gasteiger partial charge on any atom is -0.480 e. The van der Waals surface area contributed by atoms with Crippen molar-refractivity contribution in [3.8, 4) is 0 Å². The number of urea groups is 2. The molecule has 0 unspecified atom stereocenters. The van der Waals surface area contributed by atoms with Gasteiger partial charge >= 0.3 is 24.0 Å². The van der Waals surface area contributed by atoms with E-state index in [1.165, 1.54) is 0 Å². The van der Waals surface area contributed by atoms with E-state index < -0.39 is 36.1 Å². The van der Waals surface area contributed by atoms with Gasteiger partial charge in [-0.25, -0.2) is 9.59 Å². The second kappa shape index (κ2) is 14.0. The van der Waals surface area contributed by atoms with Gasteiger partial charge in [-0.15, -0.1) is 0 Å². The van der Waals surface area contributed by atoms with Gasteiger partial charge in [0.05, 0.1) is 0 Å². The number of primary amides is 2. The lowest BCUT2D eigenvalue weighted by Gasteiger charge is -2.05. The topological polar surface area (TPSA) is 237 Å². The highest BCUT2D eigenvalue weighted by Crippen LogP contribution is 1.93. The third-order valence-electron chi connectivity index (χ3n) is 2.62. The van der Waals surface area contributed by atoms with Crippen LogP contribution in [0.1, 0.15) is 25.7 Å². The highest BCUT2D eigenvalue weighted by molar-refractivity contribution is 5.73. The quantitative estimate of drug-likeness (QED) is 0.199. The maximum Gasteiger partial charge on any atom is 0.320 e. The number of amides is 4. The summed E-state index contributed by atoms with van der Waals surface area (Å²) < 4.78 is 0. The first-order chi connectivity index (χ1) is 11.1. The fourth-order valence-corrected chi connectivity index (χ4v) is 1.31. The SMILES string of the molecule is NC(=O)NCCC[C@H](N)C(=O)O.NC(=O)NCCC[C@H](N)C(=O)O. The first-order valence-electron chi connectivity index (χ1n) is 7.11. The van der Waals surface area contributed by atoms with Gasteiger partial charge in [0, 0.05) is 13.1 Å². The molecule has 0 saturated heterocycles. The summed E-state index contributed by atoms with van der Waals surface area (Å²) in [7, 11) is 0. The fourth-order valence-electron chi connectivity index (χ4n) is 1.31. The smallest absolute Gasteiger partial charge is 0.320 e. The molecule has 4 amide bonds. The van der Waals surface area contributed by atoms with Crippen LogP contribution in [-0.2, 0) is 9.59 Å². The van der Waals surface area contributed by atoms with Crippen LogP contribution >= 0.6 is 0 Å². The van der Waals surface area contributed by atoms with E-state index in [4.69, 9.17) is 33.1 Å². The number of rotatable bonds is 10. The van der Waals surface area contributed by atoms with Gasteiger partial charge in [-0.2, -0.15) is 0 Å². The van der Waals surface area contributed by atoms with Crippen molar-refractivity contribution in [2.45, 2.75) is 37.8 Å². The molecule has 0 saturated carbocycles.